The maximum atomic E-state index is 5.73. The third kappa shape index (κ3) is 21.2. The van der Waals surface area contributed by atoms with Gasteiger partial charge in [0.15, 0.2) is 6.29 Å². The summed E-state index contributed by atoms with van der Waals surface area (Å²) < 4.78 is 11.3. The van der Waals surface area contributed by atoms with E-state index in [0.29, 0.717) is 0 Å². The Kier molecular flexibility index (Phi) is 24.6. The summed E-state index contributed by atoms with van der Waals surface area (Å²) in [5.74, 6) is 0. The van der Waals surface area contributed by atoms with Crippen LogP contribution in [-0.2, 0) is 9.47 Å². The standard InChI is InChI=1S/C26H46O2.Mg/c1-2-3-4-5-6-7-8-9-10-11-12-13-14-15-16-17-18-19-21-24-27-26-23-20-22-25-28-26;/h13,18,26H,2-12,15-16,19-25H2,1H3;/q-2;+2. The molecule has 0 N–H and O–H groups in total. The molecule has 29 heavy (non-hydrogen) atoms. The van der Waals surface area contributed by atoms with Crippen LogP contribution in [0, 0.1) is 12.2 Å². The van der Waals surface area contributed by atoms with Crippen LogP contribution in [0.3, 0.4) is 0 Å². The second-order valence-electron chi connectivity index (χ2n) is 8.10. The van der Waals surface area contributed by atoms with Crippen LogP contribution in [0.5, 0.6) is 0 Å². The Morgan fingerprint density at radius 1 is 0.793 bits per heavy atom. The summed E-state index contributed by atoms with van der Waals surface area (Å²) in [6.45, 7) is 3.95. The fourth-order valence-corrected chi connectivity index (χ4v) is 3.53. The molecule has 1 saturated heterocycles. The summed E-state index contributed by atoms with van der Waals surface area (Å²) in [7, 11) is 0. The van der Waals surface area contributed by atoms with Crippen molar-refractivity contribution in [3.63, 3.8) is 0 Å². The van der Waals surface area contributed by atoms with Crippen molar-refractivity contribution in [2.45, 2.75) is 129 Å². The van der Waals surface area contributed by atoms with Crippen molar-refractivity contribution in [3.8, 4) is 0 Å². The fourth-order valence-electron chi connectivity index (χ4n) is 3.53. The summed E-state index contributed by atoms with van der Waals surface area (Å²) >= 11 is 0. The van der Waals surface area contributed by atoms with Crippen LogP contribution in [0.4, 0.5) is 0 Å². The van der Waals surface area contributed by atoms with E-state index < -0.39 is 0 Å². The average Bonchev–Trinajstić information content (AvgIpc) is 2.73. The number of ether oxygens (including phenoxy) is 2. The van der Waals surface area contributed by atoms with E-state index in [1.54, 1.807) is 0 Å². The zero-order valence-electron chi connectivity index (χ0n) is 19.4. The minimum absolute atomic E-state index is 0. The van der Waals surface area contributed by atoms with Gasteiger partial charge in [-0.15, -0.1) is 0 Å². The van der Waals surface area contributed by atoms with Crippen molar-refractivity contribution in [1.29, 1.82) is 0 Å². The third-order valence-corrected chi connectivity index (χ3v) is 5.34. The summed E-state index contributed by atoms with van der Waals surface area (Å²) in [4.78, 5) is 0. The molecule has 0 bridgehead atoms. The van der Waals surface area contributed by atoms with Gasteiger partial charge >= 0.3 is 23.1 Å². The summed E-state index contributed by atoms with van der Waals surface area (Å²) in [5, 5.41) is 0. The number of rotatable bonds is 19. The van der Waals surface area contributed by atoms with E-state index in [1.165, 1.54) is 83.5 Å². The zero-order valence-corrected chi connectivity index (χ0v) is 20.8. The number of hydrogen-bond acceptors (Lipinski definition) is 2. The van der Waals surface area contributed by atoms with E-state index in [2.05, 4.69) is 31.2 Å². The van der Waals surface area contributed by atoms with Gasteiger partial charge in [-0.05, 0) is 25.7 Å². The van der Waals surface area contributed by atoms with Gasteiger partial charge in [0, 0.05) is 13.2 Å². The first-order chi connectivity index (χ1) is 13.9. The summed E-state index contributed by atoms with van der Waals surface area (Å²) in [6.07, 6.45) is 34.1. The maximum Gasteiger partial charge on any atom is 2.00 e. The van der Waals surface area contributed by atoms with E-state index in [9.17, 15) is 0 Å². The van der Waals surface area contributed by atoms with Gasteiger partial charge < -0.3 is 21.6 Å². The SMILES string of the molecule is CCCCCCCCCCCCC=[C-]CC[C-]=CCCCOC1CCCCO1.[Mg+2]. The molecule has 164 valence electrons. The van der Waals surface area contributed by atoms with Crippen molar-refractivity contribution in [1.82, 2.24) is 0 Å². The van der Waals surface area contributed by atoms with Crippen LogP contribution in [-0.4, -0.2) is 42.6 Å². The van der Waals surface area contributed by atoms with Crippen LogP contribution in [0.25, 0.3) is 0 Å². The van der Waals surface area contributed by atoms with Gasteiger partial charge in [-0.2, -0.15) is 0 Å². The average molecular weight is 415 g/mol. The Morgan fingerprint density at radius 3 is 1.97 bits per heavy atom. The molecule has 0 aliphatic carbocycles. The molecule has 1 fully saturated rings. The van der Waals surface area contributed by atoms with Gasteiger partial charge in [0.1, 0.15) is 0 Å². The predicted molar refractivity (Wildman–Crippen MR) is 126 cm³/mol. The minimum Gasteiger partial charge on any atom is -0.503 e. The molecule has 1 unspecified atom stereocenters. The molecule has 1 aliphatic heterocycles. The summed E-state index contributed by atoms with van der Waals surface area (Å²) in [5.41, 5.74) is 0. The number of hydrogen-bond donors (Lipinski definition) is 0. The molecule has 2 nitrogen and oxygen atoms in total. The van der Waals surface area contributed by atoms with E-state index >= 15 is 0 Å². The van der Waals surface area contributed by atoms with Gasteiger partial charge in [-0.1, -0.05) is 84.0 Å². The van der Waals surface area contributed by atoms with Crippen molar-refractivity contribution >= 4 is 23.1 Å². The summed E-state index contributed by atoms with van der Waals surface area (Å²) in [6, 6.07) is 0. The van der Waals surface area contributed by atoms with Crippen LogP contribution in [0.2, 0.25) is 0 Å². The first-order valence-corrected chi connectivity index (χ1v) is 12.3. The molecular weight excluding hydrogens is 369 g/mol. The van der Waals surface area contributed by atoms with Gasteiger partial charge in [0.05, 0.1) is 0 Å². The molecule has 0 amide bonds. The maximum absolute atomic E-state index is 5.73. The topological polar surface area (TPSA) is 18.5 Å². The quantitative estimate of drug-likeness (QED) is 0.122. The molecular formula is C26H46MgO2. The second-order valence-corrected chi connectivity index (χ2v) is 8.10. The molecule has 3 heteroatoms. The molecule has 0 radical (unpaired) electrons. The molecule has 1 heterocycles. The molecule has 0 saturated carbocycles. The first kappa shape index (κ1) is 29.2. The molecule has 0 spiro atoms. The fraction of sp³-hybridized carbons (Fsp3) is 0.846. The predicted octanol–water partition coefficient (Wildman–Crippen LogP) is 7.74. The van der Waals surface area contributed by atoms with Crippen molar-refractivity contribution in [2.75, 3.05) is 13.2 Å². The molecule has 1 atom stereocenters. The van der Waals surface area contributed by atoms with Crippen molar-refractivity contribution in [2.24, 2.45) is 0 Å². The molecule has 0 aromatic carbocycles. The van der Waals surface area contributed by atoms with Crippen molar-refractivity contribution < 1.29 is 9.47 Å². The van der Waals surface area contributed by atoms with E-state index in [0.717, 1.165) is 45.3 Å². The smallest absolute Gasteiger partial charge is 0.503 e. The Hall–Kier alpha value is 0.166. The third-order valence-electron chi connectivity index (χ3n) is 5.34. The normalized spacial score (nSPS) is 17.2. The number of unbranched alkanes of at least 4 members (excludes halogenated alkanes) is 12. The molecule has 0 aromatic rings. The molecule has 0 aromatic heterocycles. The largest absolute Gasteiger partial charge is 2.00 e. The van der Waals surface area contributed by atoms with Gasteiger partial charge in [-0.25, -0.2) is 12.8 Å². The zero-order chi connectivity index (χ0) is 20.0. The van der Waals surface area contributed by atoms with Crippen molar-refractivity contribution in [3.05, 3.63) is 24.3 Å². The Bertz CT molecular complexity index is 362. The second kappa shape index (κ2) is 24.4. The van der Waals surface area contributed by atoms with Crippen LogP contribution < -0.4 is 0 Å². The first-order valence-electron chi connectivity index (χ1n) is 12.3. The van der Waals surface area contributed by atoms with Gasteiger partial charge in [-0.3, -0.25) is 12.2 Å². The van der Waals surface area contributed by atoms with E-state index in [4.69, 9.17) is 9.47 Å². The van der Waals surface area contributed by atoms with Crippen LogP contribution in [0.1, 0.15) is 122 Å². The van der Waals surface area contributed by atoms with E-state index in [1.807, 2.05) is 0 Å². The molecule has 1 aliphatic rings. The Balaban J connectivity index is 0.00000784. The van der Waals surface area contributed by atoms with Gasteiger partial charge in [0.25, 0.3) is 0 Å². The Labute approximate surface area is 198 Å². The van der Waals surface area contributed by atoms with Crippen LogP contribution in [0.15, 0.2) is 12.2 Å². The minimum atomic E-state index is 0. The van der Waals surface area contributed by atoms with Crippen LogP contribution >= 0.6 is 0 Å². The number of allylic oxidation sites excluding steroid dienone is 4. The monoisotopic (exact) mass is 414 g/mol. The Morgan fingerprint density at radius 2 is 1.38 bits per heavy atom. The van der Waals surface area contributed by atoms with E-state index in [-0.39, 0.29) is 29.3 Å². The van der Waals surface area contributed by atoms with Gasteiger partial charge in [0.2, 0.25) is 0 Å². The molecule has 1 rings (SSSR count).